The van der Waals surface area contributed by atoms with Crippen LogP contribution < -0.4 is 0 Å². The number of esters is 1. The summed E-state index contributed by atoms with van der Waals surface area (Å²) in [5.41, 5.74) is -0.914. The third kappa shape index (κ3) is 3.95. The minimum absolute atomic E-state index is 0.113. The molecule has 8 heteroatoms. The first kappa shape index (κ1) is 15.0. The number of hydrogen-bond donors (Lipinski definition) is 1. The van der Waals surface area contributed by atoms with Gasteiger partial charge in [-0.15, -0.1) is 11.8 Å². The lowest BCUT2D eigenvalue weighted by Gasteiger charge is -2.05. The summed E-state index contributed by atoms with van der Waals surface area (Å²) in [5.74, 6) is -2.01. The Morgan fingerprint density at radius 2 is 2.16 bits per heavy atom. The molecule has 7 nitrogen and oxygen atoms in total. The number of thioether (sulfide) groups is 1. The Labute approximate surface area is 112 Å². The second-order valence-corrected chi connectivity index (χ2v) is 4.33. The molecule has 0 aliphatic carbocycles. The zero-order chi connectivity index (χ0) is 14.4. The third-order valence-corrected chi connectivity index (χ3v) is 3.08. The number of carbonyl (C=O) groups is 2. The summed E-state index contributed by atoms with van der Waals surface area (Å²) < 4.78 is 4.70. The Balaban J connectivity index is 3.00. The van der Waals surface area contributed by atoms with E-state index >= 15 is 0 Å². The first-order valence-electron chi connectivity index (χ1n) is 5.26. The minimum atomic E-state index is -1.38. The van der Waals surface area contributed by atoms with Gasteiger partial charge in [-0.3, -0.25) is 14.9 Å². The largest absolute Gasteiger partial charge is 0.477 e. The van der Waals surface area contributed by atoms with Gasteiger partial charge in [0, 0.05) is 0 Å². The number of carboxylic acids is 1. The Hall–Kier alpha value is -2.09. The van der Waals surface area contributed by atoms with Gasteiger partial charge in [0.05, 0.1) is 22.2 Å². The molecule has 1 aromatic rings. The molecule has 0 heterocycles. The van der Waals surface area contributed by atoms with Crippen molar-refractivity contribution in [2.75, 3.05) is 12.4 Å². The lowest BCUT2D eigenvalue weighted by molar-refractivity contribution is -0.388. The van der Waals surface area contributed by atoms with Crippen LogP contribution in [-0.4, -0.2) is 34.3 Å². The van der Waals surface area contributed by atoms with E-state index in [1.54, 1.807) is 6.92 Å². The molecule has 0 bridgehead atoms. The highest BCUT2D eigenvalue weighted by atomic mass is 32.2. The van der Waals surface area contributed by atoms with Crippen LogP contribution in [0.5, 0.6) is 0 Å². The lowest BCUT2D eigenvalue weighted by atomic mass is 10.2. The average Bonchev–Trinajstić information content (AvgIpc) is 2.35. The van der Waals surface area contributed by atoms with Gasteiger partial charge >= 0.3 is 11.9 Å². The number of nitrogens with zero attached hydrogens (tertiary/aromatic N) is 1. The highest BCUT2D eigenvalue weighted by Crippen LogP contribution is 2.32. The van der Waals surface area contributed by atoms with E-state index in [9.17, 15) is 19.7 Å². The van der Waals surface area contributed by atoms with Crippen LogP contribution in [-0.2, 0) is 9.53 Å². The summed E-state index contributed by atoms with van der Waals surface area (Å²) in [6.07, 6.45) is 0. The molecule has 0 saturated carbocycles. The second kappa shape index (κ2) is 6.74. The molecule has 0 aliphatic heterocycles. The third-order valence-electron chi connectivity index (χ3n) is 2.06. The summed E-state index contributed by atoms with van der Waals surface area (Å²) in [6, 6.07) is 3.94. The number of nitro benzene ring substituents is 1. The average molecular weight is 285 g/mol. The molecule has 0 spiro atoms. The predicted octanol–water partition coefficient (Wildman–Crippen LogP) is 1.95. The van der Waals surface area contributed by atoms with E-state index in [1.165, 1.54) is 12.1 Å². The number of para-hydroxylation sites is 1. The zero-order valence-electron chi connectivity index (χ0n) is 9.99. The number of rotatable bonds is 6. The SMILES string of the molecule is CCOC(=O)CSc1cccc(C(=O)O)c1[N+](=O)[O-]. The summed E-state index contributed by atoms with van der Waals surface area (Å²) in [5, 5.41) is 19.8. The van der Waals surface area contributed by atoms with Gasteiger partial charge in [-0.2, -0.15) is 0 Å². The lowest BCUT2D eigenvalue weighted by Crippen LogP contribution is -2.08. The van der Waals surface area contributed by atoms with Crippen LogP contribution in [0, 0.1) is 10.1 Å². The summed E-state index contributed by atoms with van der Waals surface area (Å²) in [7, 11) is 0. The van der Waals surface area contributed by atoms with Crippen molar-refractivity contribution in [3.8, 4) is 0 Å². The van der Waals surface area contributed by atoms with Crippen molar-refractivity contribution in [3.05, 3.63) is 33.9 Å². The van der Waals surface area contributed by atoms with Crippen LogP contribution in [0.2, 0.25) is 0 Å². The molecule has 102 valence electrons. The number of hydrogen-bond acceptors (Lipinski definition) is 6. The maximum absolute atomic E-state index is 11.2. The first-order chi connectivity index (χ1) is 8.97. The summed E-state index contributed by atoms with van der Waals surface area (Å²) >= 11 is 0.875. The molecule has 0 unspecified atom stereocenters. The quantitative estimate of drug-likeness (QED) is 0.368. The van der Waals surface area contributed by atoms with Crippen LogP contribution in [0.3, 0.4) is 0 Å². The van der Waals surface area contributed by atoms with Gasteiger partial charge in [0.15, 0.2) is 0 Å². The fourth-order valence-electron chi connectivity index (χ4n) is 1.34. The number of carboxylic acid groups (broad SMARTS) is 1. The molecule has 0 fully saturated rings. The molecular formula is C11H11NO6S. The normalized spacial score (nSPS) is 9.95. The maximum Gasteiger partial charge on any atom is 0.342 e. The fraction of sp³-hybridized carbons (Fsp3) is 0.273. The van der Waals surface area contributed by atoms with Gasteiger partial charge in [0.1, 0.15) is 5.56 Å². The van der Waals surface area contributed by atoms with Gasteiger partial charge in [-0.1, -0.05) is 6.07 Å². The monoisotopic (exact) mass is 285 g/mol. The fourth-order valence-corrected chi connectivity index (χ4v) is 2.19. The molecule has 0 saturated heterocycles. The molecule has 1 rings (SSSR count). The molecule has 0 amide bonds. The van der Waals surface area contributed by atoms with E-state index in [-0.39, 0.29) is 17.3 Å². The van der Waals surface area contributed by atoms with E-state index in [1.807, 2.05) is 0 Å². The summed E-state index contributed by atoms with van der Waals surface area (Å²) in [4.78, 5) is 32.4. The first-order valence-corrected chi connectivity index (χ1v) is 6.25. The minimum Gasteiger partial charge on any atom is -0.477 e. The molecular weight excluding hydrogens is 274 g/mol. The van der Waals surface area contributed by atoms with Crippen molar-refractivity contribution in [3.63, 3.8) is 0 Å². The van der Waals surface area contributed by atoms with E-state index < -0.39 is 28.1 Å². The zero-order valence-corrected chi connectivity index (χ0v) is 10.8. The van der Waals surface area contributed by atoms with Crippen molar-refractivity contribution >= 4 is 29.4 Å². The standard InChI is InChI=1S/C11H11NO6S/c1-2-18-9(13)6-19-8-5-3-4-7(11(14)15)10(8)12(16)17/h3-5H,2,6H2,1H3,(H,14,15). The number of ether oxygens (including phenoxy) is 1. The molecule has 19 heavy (non-hydrogen) atoms. The van der Waals surface area contributed by atoms with E-state index in [0.717, 1.165) is 17.8 Å². The van der Waals surface area contributed by atoms with Crippen molar-refractivity contribution in [2.45, 2.75) is 11.8 Å². The van der Waals surface area contributed by atoms with Crippen molar-refractivity contribution in [2.24, 2.45) is 0 Å². The smallest absolute Gasteiger partial charge is 0.342 e. The van der Waals surface area contributed by atoms with Crippen LogP contribution in [0.25, 0.3) is 0 Å². The van der Waals surface area contributed by atoms with E-state index in [0.29, 0.717) is 0 Å². The van der Waals surface area contributed by atoms with Crippen LogP contribution in [0.4, 0.5) is 5.69 Å². The van der Waals surface area contributed by atoms with Crippen LogP contribution >= 0.6 is 11.8 Å². The van der Waals surface area contributed by atoms with Gasteiger partial charge in [-0.05, 0) is 19.1 Å². The van der Waals surface area contributed by atoms with Gasteiger partial charge in [0.25, 0.3) is 5.69 Å². The Morgan fingerprint density at radius 1 is 1.47 bits per heavy atom. The molecule has 1 aromatic carbocycles. The topological polar surface area (TPSA) is 107 Å². The van der Waals surface area contributed by atoms with Gasteiger partial charge in [-0.25, -0.2) is 4.79 Å². The summed E-state index contributed by atoms with van der Waals surface area (Å²) in [6.45, 7) is 1.87. The Kier molecular flexibility index (Phi) is 5.31. The highest BCUT2D eigenvalue weighted by Gasteiger charge is 2.24. The van der Waals surface area contributed by atoms with Gasteiger partial charge in [0.2, 0.25) is 0 Å². The van der Waals surface area contributed by atoms with Crippen LogP contribution in [0.15, 0.2) is 23.1 Å². The van der Waals surface area contributed by atoms with Crippen LogP contribution in [0.1, 0.15) is 17.3 Å². The maximum atomic E-state index is 11.2. The number of carbonyl (C=O) groups excluding carboxylic acids is 1. The van der Waals surface area contributed by atoms with Crippen molar-refractivity contribution in [1.29, 1.82) is 0 Å². The van der Waals surface area contributed by atoms with E-state index in [4.69, 9.17) is 9.84 Å². The molecule has 0 radical (unpaired) electrons. The van der Waals surface area contributed by atoms with Crippen molar-refractivity contribution in [1.82, 2.24) is 0 Å². The predicted molar refractivity (Wildman–Crippen MR) is 67.4 cm³/mol. The molecule has 0 aromatic heterocycles. The van der Waals surface area contributed by atoms with E-state index in [2.05, 4.69) is 0 Å². The Morgan fingerprint density at radius 3 is 2.68 bits per heavy atom. The van der Waals surface area contributed by atoms with Crippen molar-refractivity contribution < 1.29 is 24.4 Å². The van der Waals surface area contributed by atoms with Gasteiger partial charge < -0.3 is 9.84 Å². The molecule has 1 N–H and O–H groups in total. The second-order valence-electron chi connectivity index (χ2n) is 3.31. The number of benzene rings is 1. The molecule has 0 aliphatic rings. The number of aromatic carboxylic acids is 1. The molecule has 0 atom stereocenters. The Bertz CT molecular complexity index is 516. The highest BCUT2D eigenvalue weighted by molar-refractivity contribution is 8.00. The number of nitro groups is 1.